The molecule has 0 bridgehead atoms. The molecule has 1 N–H and O–H groups in total. The lowest BCUT2D eigenvalue weighted by atomic mass is 9.92. The summed E-state index contributed by atoms with van der Waals surface area (Å²) in [6.07, 6.45) is 1.98. The van der Waals surface area contributed by atoms with Crippen LogP contribution in [0.15, 0.2) is 53.0 Å². The number of imide groups is 1. The first-order valence-corrected chi connectivity index (χ1v) is 9.66. The van der Waals surface area contributed by atoms with E-state index in [4.69, 9.17) is 0 Å². The summed E-state index contributed by atoms with van der Waals surface area (Å²) in [6, 6.07) is 14.0. The maximum Gasteiger partial charge on any atom is 0.325 e. The van der Waals surface area contributed by atoms with E-state index in [9.17, 15) is 14.4 Å². The molecule has 1 aliphatic heterocycles. The van der Waals surface area contributed by atoms with Crippen LogP contribution >= 0.6 is 15.9 Å². The Morgan fingerprint density at radius 2 is 1.85 bits per heavy atom. The van der Waals surface area contributed by atoms with E-state index in [0.29, 0.717) is 11.1 Å². The number of Topliss-reactive ketones (excluding diaryl/α,β-unsaturated/α-hetero) is 1. The summed E-state index contributed by atoms with van der Waals surface area (Å²) in [5, 5.41) is 2.72. The smallest absolute Gasteiger partial charge is 0.319 e. The molecule has 3 rings (SSSR count). The topological polar surface area (TPSA) is 66.5 Å². The molecular formula is C21H21BrN2O3. The first-order chi connectivity index (χ1) is 12.8. The molecule has 0 saturated carbocycles. The number of nitrogens with zero attached hydrogens (tertiary/aromatic N) is 1. The molecule has 0 unspecified atom stereocenters. The Morgan fingerprint density at radius 1 is 1.15 bits per heavy atom. The second-order valence-corrected chi connectivity index (χ2v) is 7.74. The fourth-order valence-electron chi connectivity index (χ4n) is 3.22. The first kappa shape index (κ1) is 19.3. The Kier molecular flexibility index (Phi) is 5.46. The second kappa shape index (κ2) is 7.64. The van der Waals surface area contributed by atoms with Crippen molar-refractivity contribution in [2.75, 3.05) is 6.54 Å². The number of hydrogen-bond acceptors (Lipinski definition) is 3. The quantitative estimate of drug-likeness (QED) is 0.557. The predicted octanol–water partition coefficient (Wildman–Crippen LogP) is 4.05. The number of ketones is 1. The summed E-state index contributed by atoms with van der Waals surface area (Å²) < 4.78 is 0.810. The average Bonchev–Trinajstić information content (AvgIpc) is 2.87. The summed E-state index contributed by atoms with van der Waals surface area (Å²) in [6.45, 7) is 3.47. The van der Waals surface area contributed by atoms with Crippen molar-refractivity contribution in [3.8, 4) is 0 Å². The summed E-state index contributed by atoms with van der Waals surface area (Å²) in [5.41, 5.74) is 1.12. The zero-order valence-electron chi connectivity index (χ0n) is 15.3. The van der Waals surface area contributed by atoms with Crippen LogP contribution in [0.4, 0.5) is 4.79 Å². The standard InChI is InChI=1S/C21H21BrN2O3/c1-3-5-14-8-10-15(11-9-14)18(25)13-24-19(26)21(2,23-20(24)27)16-6-4-7-17(22)12-16/h4,6-12H,3,5,13H2,1-2H3,(H,23,27)/t21-/m0/s1. The van der Waals surface area contributed by atoms with E-state index in [-0.39, 0.29) is 12.3 Å². The highest BCUT2D eigenvalue weighted by Gasteiger charge is 2.49. The SMILES string of the molecule is CCCc1ccc(C(=O)CN2C(=O)N[C@@](C)(c3cccc(Br)c3)C2=O)cc1. The molecule has 0 spiro atoms. The predicted molar refractivity (Wildman–Crippen MR) is 107 cm³/mol. The molecule has 0 aromatic heterocycles. The third kappa shape index (κ3) is 3.81. The van der Waals surface area contributed by atoms with Crippen LogP contribution in [0.3, 0.4) is 0 Å². The number of aryl methyl sites for hydroxylation is 1. The summed E-state index contributed by atoms with van der Waals surface area (Å²) in [4.78, 5) is 38.9. The minimum absolute atomic E-state index is 0.264. The van der Waals surface area contributed by atoms with Gasteiger partial charge in [-0.05, 0) is 36.6 Å². The molecule has 27 heavy (non-hydrogen) atoms. The van der Waals surface area contributed by atoms with E-state index in [0.717, 1.165) is 27.8 Å². The van der Waals surface area contributed by atoms with Gasteiger partial charge in [0.2, 0.25) is 0 Å². The van der Waals surface area contributed by atoms with Crippen LogP contribution in [0.1, 0.15) is 41.8 Å². The molecule has 1 heterocycles. The fraction of sp³-hybridized carbons (Fsp3) is 0.286. The van der Waals surface area contributed by atoms with Crippen LogP contribution in [0.5, 0.6) is 0 Å². The van der Waals surface area contributed by atoms with Crippen molar-refractivity contribution in [3.05, 3.63) is 69.7 Å². The Hall–Kier alpha value is -2.47. The average molecular weight is 429 g/mol. The number of nitrogens with one attached hydrogen (secondary N) is 1. The molecule has 1 saturated heterocycles. The molecule has 1 aliphatic rings. The van der Waals surface area contributed by atoms with Crippen molar-refractivity contribution in [3.63, 3.8) is 0 Å². The van der Waals surface area contributed by atoms with Gasteiger partial charge >= 0.3 is 6.03 Å². The van der Waals surface area contributed by atoms with Gasteiger partial charge in [-0.2, -0.15) is 0 Å². The molecule has 1 fully saturated rings. The van der Waals surface area contributed by atoms with Crippen molar-refractivity contribution < 1.29 is 14.4 Å². The summed E-state index contributed by atoms with van der Waals surface area (Å²) >= 11 is 3.38. The van der Waals surface area contributed by atoms with Crippen molar-refractivity contribution in [2.45, 2.75) is 32.2 Å². The van der Waals surface area contributed by atoms with Crippen LogP contribution in [0.2, 0.25) is 0 Å². The number of benzene rings is 2. The molecule has 2 aromatic carbocycles. The largest absolute Gasteiger partial charge is 0.325 e. The summed E-state index contributed by atoms with van der Waals surface area (Å²) in [7, 11) is 0. The van der Waals surface area contributed by atoms with E-state index >= 15 is 0 Å². The van der Waals surface area contributed by atoms with E-state index < -0.39 is 17.5 Å². The Labute approximate surface area is 166 Å². The molecule has 140 valence electrons. The highest BCUT2D eigenvalue weighted by molar-refractivity contribution is 9.10. The van der Waals surface area contributed by atoms with Crippen LogP contribution in [0, 0.1) is 0 Å². The number of rotatable bonds is 6. The lowest BCUT2D eigenvalue weighted by molar-refractivity contribution is -0.130. The fourth-order valence-corrected chi connectivity index (χ4v) is 3.62. The first-order valence-electron chi connectivity index (χ1n) is 8.87. The minimum Gasteiger partial charge on any atom is -0.319 e. The molecule has 0 radical (unpaired) electrons. The molecule has 6 heteroatoms. The maximum atomic E-state index is 12.9. The van der Waals surface area contributed by atoms with Gasteiger partial charge in [0.25, 0.3) is 5.91 Å². The van der Waals surface area contributed by atoms with Gasteiger partial charge < -0.3 is 5.32 Å². The van der Waals surface area contributed by atoms with Crippen molar-refractivity contribution in [1.29, 1.82) is 0 Å². The van der Waals surface area contributed by atoms with Gasteiger partial charge in [0, 0.05) is 10.0 Å². The Balaban J connectivity index is 1.78. The molecule has 2 aromatic rings. The molecule has 1 atom stereocenters. The molecule has 0 aliphatic carbocycles. The van der Waals surface area contributed by atoms with Gasteiger partial charge in [0.1, 0.15) is 5.54 Å². The van der Waals surface area contributed by atoms with Gasteiger partial charge in [-0.25, -0.2) is 4.79 Å². The number of urea groups is 1. The van der Waals surface area contributed by atoms with Crippen molar-refractivity contribution in [1.82, 2.24) is 10.2 Å². The number of carbonyl (C=O) groups excluding carboxylic acids is 3. The maximum absolute atomic E-state index is 12.9. The van der Waals surface area contributed by atoms with Gasteiger partial charge in [-0.1, -0.05) is 65.7 Å². The monoisotopic (exact) mass is 428 g/mol. The van der Waals surface area contributed by atoms with Gasteiger partial charge in [-0.3, -0.25) is 14.5 Å². The normalized spacial score (nSPS) is 19.3. The zero-order valence-corrected chi connectivity index (χ0v) is 16.9. The Bertz CT molecular complexity index is 895. The van der Waals surface area contributed by atoms with Crippen molar-refractivity contribution >= 4 is 33.7 Å². The zero-order chi connectivity index (χ0) is 19.6. The molecule has 3 amide bonds. The lowest BCUT2D eigenvalue weighted by Gasteiger charge is -2.22. The lowest BCUT2D eigenvalue weighted by Crippen LogP contribution is -2.41. The van der Waals surface area contributed by atoms with Crippen LogP contribution < -0.4 is 5.32 Å². The van der Waals surface area contributed by atoms with Crippen LogP contribution in [-0.4, -0.2) is 29.2 Å². The van der Waals surface area contributed by atoms with Gasteiger partial charge in [0.15, 0.2) is 5.78 Å². The highest BCUT2D eigenvalue weighted by Crippen LogP contribution is 2.30. The number of amides is 3. The van der Waals surface area contributed by atoms with E-state index in [1.165, 1.54) is 0 Å². The molecular weight excluding hydrogens is 408 g/mol. The van der Waals surface area contributed by atoms with Crippen LogP contribution in [0.25, 0.3) is 0 Å². The third-order valence-corrected chi connectivity index (χ3v) is 5.29. The van der Waals surface area contributed by atoms with Gasteiger partial charge in [-0.15, -0.1) is 0 Å². The van der Waals surface area contributed by atoms with Gasteiger partial charge in [0.05, 0.1) is 6.54 Å². The number of carbonyl (C=O) groups is 3. The summed E-state index contributed by atoms with van der Waals surface area (Å²) in [5.74, 6) is -0.693. The number of halogens is 1. The van der Waals surface area contributed by atoms with Crippen molar-refractivity contribution in [2.24, 2.45) is 0 Å². The number of hydrogen-bond donors (Lipinski definition) is 1. The molecule has 5 nitrogen and oxygen atoms in total. The van der Waals surface area contributed by atoms with Crippen LogP contribution in [-0.2, 0) is 16.8 Å². The van der Waals surface area contributed by atoms with E-state index in [1.54, 1.807) is 37.3 Å². The third-order valence-electron chi connectivity index (χ3n) is 4.79. The second-order valence-electron chi connectivity index (χ2n) is 6.83. The highest BCUT2D eigenvalue weighted by atomic mass is 79.9. The van der Waals surface area contributed by atoms with E-state index in [1.807, 2.05) is 18.2 Å². The minimum atomic E-state index is -1.19. The Morgan fingerprint density at radius 3 is 2.48 bits per heavy atom. The van der Waals surface area contributed by atoms with E-state index in [2.05, 4.69) is 28.2 Å².